The summed E-state index contributed by atoms with van der Waals surface area (Å²) in [7, 11) is 0. The van der Waals surface area contributed by atoms with Gasteiger partial charge in [-0.15, -0.1) is 0 Å². The van der Waals surface area contributed by atoms with E-state index in [9.17, 15) is 0 Å². The van der Waals surface area contributed by atoms with Gasteiger partial charge in [-0.1, -0.05) is 53.0 Å². The van der Waals surface area contributed by atoms with Crippen LogP contribution in [0.2, 0.25) is 0 Å². The Kier molecular flexibility index (Phi) is 11.3. The van der Waals surface area contributed by atoms with E-state index < -0.39 is 0 Å². The van der Waals surface area contributed by atoms with Crippen LogP contribution in [0, 0.1) is 11.8 Å². The van der Waals surface area contributed by atoms with Crippen molar-refractivity contribution in [2.45, 2.75) is 59.3 Å². The summed E-state index contributed by atoms with van der Waals surface area (Å²) in [6.45, 7) is 14.0. The molecule has 2 heteroatoms. The number of hydrogen-bond donors (Lipinski definition) is 1. The average molecular weight is 254 g/mol. The lowest BCUT2D eigenvalue weighted by Crippen LogP contribution is -2.33. The molecule has 0 spiro atoms. The van der Waals surface area contributed by atoms with Crippen molar-refractivity contribution < 1.29 is 0 Å². The highest BCUT2D eigenvalue weighted by Gasteiger charge is 2.17. The molecule has 108 valence electrons. The second-order valence-corrected chi connectivity index (χ2v) is 5.79. The molecular formula is C16H34N2. The zero-order valence-corrected chi connectivity index (χ0v) is 12.8. The fourth-order valence-corrected chi connectivity index (χ4v) is 2.58. The van der Waals surface area contributed by atoms with Crippen molar-refractivity contribution >= 4 is 0 Å². The molecule has 1 heterocycles. The summed E-state index contributed by atoms with van der Waals surface area (Å²) >= 11 is 0. The van der Waals surface area contributed by atoms with E-state index in [2.05, 4.69) is 38.0 Å². The average Bonchev–Trinajstić information content (AvgIpc) is 2.36. The summed E-state index contributed by atoms with van der Waals surface area (Å²) in [6, 6.07) is 0. The third kappa shape index (κ3) is 9.52. The van der Waals surface area contributed by atoms with E-state index in [1.807, 2.05) is 0 Å². The van der Waals surface area contributed by atoms with Gasteiger partial charge in [-0.3, -0.25) is 0 Å². The smallest absolute Gasteiger partial charge is 0.00162 e. The minimum atomic E-state index is 0.895. The second-order valence-electron chi connectivity index (χ2n) is 5.79. The fourth-order valence-electron chi connectivity index (χ4n) is 2.58. The van der Waals surface area contributed by atoms with Crippen LogP contribution in [0.4, 0.5) is 0 Å². The van der Waals surface area contributed by atoms with Gasteiger partial charge in [0.05, 0.1) is 0 Å². The van der Waals surface area contributed by atoms with Gasteiger partial charge in [0.2, 0.25) is 0 Å². The predicted octanol–water partition coefficient (Wildman–Crippen LogP) is 4.02. The van der Waals surface area contributed by atoms with Gasteiger partial charge in [-0.05, 0) is 50.5 Å². The topological polar surface area (TPSA) is 29.3 Å². The zero-order valence-electron chi connectivity index (χ0n) is 12.8. The number of unbranched alkanes of at least 4 members (excludes halogenated alkanes) is 1. The number of rotatable bonds is 6. The Morgan fingerprint density at radius 2 is 1.83 bits per heavy atom. The van der Waals surface area contributed by atoms with Gasteiger partial charge in [0.1, 0.15) is 0 Å². The van der Waals surface area contributed by atoms with Gasteiger partial charge >= 0.3 is 0 Å². The molecule has 2 nitrogen and oxygen atoms in total. The molecule has 0 aromatic rings. The Morgan fingerprint density at radius 3 is 2.28 bits per heavy atom. The molecule has 0 amide bonds. The van der Waals surface area contributed by atoms with Crippen molar-refractivity contribution in [1.82, 2.24) is 4.90 Å². The first-order valence-electron chi connectivity index (χ1n) is 7.69. The molecule has 0 atom stereocenters. The van der Waals surface area contributed by atoms with Crippen LogP contribution in [-0.4, -0.2) is 24.5 Å². The lowest BCUT2D eigenvalue weighted by atomic mass is 9.90. The number of piperidine rings is 1. The maximum absolute atomic E-state index is 4.61. The molecular weight excluding hydrogens is 220 g/mol. The highest BCUT2D eigenvalue weighted by atomic mass is 15.1. The SMILES string of the molecule is C=CN.CCN1CCC(CCCCC(C)C)CC1. The van der Waals surface area contributed by atoms with E-state index in [0.29, 0.717) is 0 Å². The maximum Gasteiger partial charge on any atom is -0.00162 e. The molecule has 1 aliphatic heterocycles. The molecule has 0 aromatic carbocycles. The summed E-state index contributed by atoms with van der Waals surface area (Å²) in [6.07, 6.45) is 9.99. The highest BCUT2D eigenvalue weighted by Crippen LogP contribution is 2.23. The maximum atomic E-state index is 4.61. The van der Waals surface area contributed by atoms with Crippen LogP contribution in [-0.2, 0) is 0 Å². The number of hydrogen-bond acceptors (Lipinski definition) is 2. The van der Waals surface area contributed by atoms with Crippen LogP contribution < -0.4 is 5.73 Å². The Labute approximate surface area is 115 Å². The monoisotopic (exact) mass is 254 g/mol. The Hall–Kier alpha value is -0.500. The lowest BCUT2D eigenvalue weighted by Gasteiger charge is -2.31. The van der Waals surface area contributed by atoms with Crippen LogP contribution in [0.25, 0.3) is 0 Å². The molecule has 2 N–H and O–H groups in total. The molecule has 1 saturated heterocycles. The minimum absolute atomic E-state index is 0.895. The Balaban J connectivity index is 0.000000873. The number of likely N-dealkylation sites (tertiary alicyclic amines) is 1. The summed E-state index contributed by atoms with van der Waals surface area (Å²) in [4.78, 5) is 2.59. The van der Waals surface area contributed by atoms with Gasteiger partial charge in [-0.25, -0.2) is 0 Å². The van der Waals surface area contributed by atoms with Gasteiger partial charge in [0, 0.05) is 0 Å². The first-order chi connectivity index (χ1) is 8.63. The minimum Gasteiger partial charge on any atom is -0.405 e. The quantitative estimate of drug-likeness (QED) is 0.725. The highest BCUT2D eigenvalue weighted by molar-refractivity contribution is 4.71. The molecule has 0 aliphatic carbocycles. The Morgan fingerprint density at radius 1 is 1.28 bits per heavy atom. The fraction of sp³-hybridized carbons (Fsp3) is 0.875. The first-order valence-corrected chi connectivity index (χ1v) is 7.69. The molecule has 1 fully saturated rings. The molecule has 0 radical (unpaired) electrons. The first kappa shape index (κ1) is 17.5. The zero-order chi connectivity index (χ0) is 13.8. The van der Waals surface area contributed by atoms with Crippen LogP contribution >= 0.6 is 0 Å². The summed E-state index contributed by atoms with van der Waals surface area (Å²) in [5.41, 5.74) is 4.61. The standard InChI is InChI=1S/C14H29N.C2H5N/c1-4-15-11-9-14(10-12-15)8-6-5-7-13(2)3;1-2-3/h13-14H,4-12H2,1-3H3;2H,1,3H2. The molecule has 0 unspecified atom stereocenters. The van der Waals surface area contributed by atoms with E-state index in [4.69, 9.17) is 0 Å². The summed E-state index contributed by atoms with van der Waals surface area (Å²) in [5.74, 6) is 1.94. The number of nitrogens with zero attached hydrogens (tertiary/aromatic N) is 1. The van der Waals surface area contributed by atoms with Gasteiger partial charge in [-0.2, -0.15) is 0 Å². The molecule has 0 aromatic heterocycles. The molecule has 1 rings (SSSR count). The molecule has 18 heavy (non-hydrogen) atoms. The van der Waals surface area contributed by atoms with E-state index in [-0.39, 0.29) is 0 Å². The normalized spacial score (nSPS) is 17.3. The second kappa shape index (κ2) is 11.6. The van der Waals surface area contributed by atoms with Crippen LogP contribution in [0.15, 0.2) is 12.8 Å². The van der Waals surface area contributed by atoms with Crippen LogP contribution in [0.5, 0.6) is 0 Å². The van der Waals surface area contributed by atoms with Crippen molar-refractivity contribution in [3.8, 4) is 0 Å². The summed E-state index contributed by atoms with van der Waals surface area (Å²) < 4.78 is 0. The van der Waals surface area contributed by atoms with Crippen molar-refractivity contribution in [2.75, 3.05) is 19.6 Å². The van der Waals surface area contributed by atoms with E-state index in [0.717, 1.165) is 11.8 Å². The van der Waals surface area contributed by atoms with Gasteiger partial charge in [0.25, 0.3) is 0 Å². The third-order valence-corrected chi connectivity index (χ3v) is 3.80. The molecule has 0 saturated carbocycles. The lowest BCUT2D eigenvalue weighted by molar-refractivity contribution is 0.184. The molecule has 0 bridgehead atoms. The van der Waals surface area contributed by atoms with E-state index in [1.54, 1.807) is 0 Å². The summed E-state index contributed by atoms with van der Waals surface area (Å²) in [5, 5.41) is 0. The van der Waals surface area contributed by atoms with Crippen molar-refractivity contribution in [3.63, 3.8) is 0 Å². The van der Waals surface area contributed by atoms with Gasteiger partial charge in [0.15, 0.2) is 0 Å². The molecule has 1 aliphatic rings. The number of nitrogens with two attached hydrogens (primary N) is 1. The van der Waals surface area contributed by atoms with Crippen molar-refractivity contribution in [3.05, 3.63) is 12.8 Å². The predicted molar refractivity (Wildman–Crippen MR) is 82.5 cm³/mol. The van der Waals surface area contributed by atoms with Gasteiger partial charge < -0.3 is 10.6 Å². The van der Waals surface area contributed by atoms with E-state index >= 15 is 0 Å². The van der Waals surface area contributed by atoms with Crippen LogP contribution in [0.3, 0.4) is 0 Å². The third-order valence-electron chi connectivity index (χ3n) is 3.80. The Bertz CT molecular complexity index is 182. The van der Waals surface area contributed by atoms with Crippen molar-refractivity contribution in [1.29, 1.82) is 0 Å². The largest absolute Gasteiger partial charge is 0.405 e. The van der Waals surface area contributed by atoms with E-state index in [1.165, 1.54) is 64.4 Å². The van der Waals surface area contributed by atoms with Crippen LogP contribution in [0.1, 0.15) is 59.3 Å². The van der Waals surface area contributed by atoms with Crippen molar-refractivity contribution in [2.24, 2.45) is 17.6 Å².